The number of aromatic nitrogens is 3. The number of fused-ring (bicyclic) bond motifs is 2. The Balaban J connectivity index is 1.67. The van der Waals surface area contributed by atoms with Gasteiger partial charge in [-0.2, -0.15) is 23.5 Å². The normalized spacial score (nSPS) is 16.9. The van der Waals surface area contributed by atoms with Gasteiger partial charge in [0.25, 0.3) is 0 Å². The Hall–Kier alpha value is -3.08. The van der Waals surface area contributed by atoms with Crippen LogP contribution in [0.1, 0.15) is 41.5 Å². The molecule has 0 saturated carbocycles. The Morgan fingerprint density at radius 1 is 1.27 bits per heavy atom. The SMILES string of the molecule is N#Cc1cnc2c(c1)CCC[C@@H]2Oc1ccc2n[nH]c(C(F)(F)F)c2c1. The molecule has 1 N–H and O–H groups in total. The number of alkyl halides is 3. The van der Waals surface area contributed by atoms with Crippen molar-refractivity contribution in [3.63, 3.8) is 0 Å². The lowest BCUT2D eigenvalue weighted by Gasteiger charge is -2.25. The van der Waals surface area contributed by atoms with E-state index in [4.69, 9.17) is 10.00 Å². The molecule has 0 spiro atoms. The van der Waals surface area contributed by atoms with Crippen molar-refractivity contribution in [1.29, 1.82) is 5.26 Å². The largest absolute Gasteiger partial charge is 0.484 e. The number of halogens is 3. The van der Waals surface area contributed by atoms with E-state index < -0.39 is 11.9 Å². The molecule has 8 heteroatoms. The smallest absolute Gasteiger partial charge is 0.433 e. The van der Waals surface area contributed by atoms with Gasteiger partial charge in [0, 0.05) is 11.6 Å². The van der Waals surface area contributed by atoms with E-state index in [9.17, 15) is 13.2 Å². The van der Waals surface area contributed by atoms with Crippen molar-refractivity contribution >= 4 is 10.9 Å². The third kappa shape index (κ3) is 2.86. The summed E-state index contributed by atoms with van der Waals surface area (Å²) in [7, 11) is 0. The lowest BCUT2D eigenvalue weighted by atomic mass is 9.93. The number of nitrogens with zero attached hydrogens (tertiary/aromatic N) is 3. The quantitative estimate of drug-likeness (QED) is 0.741. The molecular weight excluding hydrogens is 345 g/mol. The van der Waals surface area contributed by atoms with Crippen LogP contribution in [0.5, 0.6) is 5.75 Å². The monoisotopic (exact) mass is 358 g/mol. The number of ether oxygens (including phenoxy) is 1. The van der Waals surface area contributed by atoms with Crippen LogP contribution in [0.2, 0.25) is 0 Å². The minimum Gasteiger partial charge on any atom is -0.484 e. The molecule has 1 atom stereocenters. The van der Waals surface area contributed by atoms with Gasteiger partial charge in [-0.15, -0.1) is 0 Å². The van der Waals surface area contributed by atoms with Crippen molar-refractivity contribution in [2.45, 2.75) is 31.5 Å². The van der Waals surface area contributed by atoms with Crippen molar-refractivity contribution in [2.75, 3.05) is 0 Å². The van der Waals surface area contributed by atoms with Crippen molar-refractivity contribution in [3.05, 3.63) is 53.0 Å². The average molecular weight is 358 g/mol. The number of benzene rings is 1. The summed E-state index contributed by atoms with van der Waals surface area (Å²) >= 11 is 0. The predicted octanol–water partition coefficient (Wildman–Crippen LogP) is 4.30. The number of aromatic amines is 1. The van der Waals surface area contributed by atoms with Crippen molar-refractivity contribution in [1.82, 2.24) is 15.2 Å². The Kier molecular flexibility index (Phi) is 3.80. The molecule has 0 radical (unpaired) electrons. The van der Waals surface area contributed by atoms with Gasteiger partial charge in [0.2, 0.25) is 0 Å². The number of pyridine rings is 1. The Morgan fingerprint density at radius 3 is 2.88 bits per heavy atom. The van der Waals surface area contributed by atoms with Gasteiger partial charge in [-0.05, 0) is 49.1 Å². The van der Waals surface area contributed by atoms with E-state index in [1.807, 2.05) is 5.10 Å². The van der Waals surface area contributed by atoms with Gasteiger partial charge < -0.3 is 4.74 Å². The Bertz CT molecular complexity index is 1020. The van der Waals surface area contributed by atoms with E-state index in [-0.39, 0.29) is 17.0 Å². The van der Waals surface area contributed by atoms with E-state index in [2.05, 4.69) is 16.2 Å². The van der Waals surface area contributed by atoms with Crippen LogP contribution < -0.4 is 4.74 Å². The van der Waals surface area contributed by atoms with Crippen LogP contribution in [0.15, 0.2) is 30.5 Å². The van der Waals surface area contributed by atoms with E-state index in [1.54, 1.807) is 12.1 Å². The molecular formula is C18H13F3N4O. The molecule has 0 bridgehead atoms. The molecule has 1 aliphatic rings. The molecule has 0 amide bonds. The first-order chi connectivity index (χ1) is 12.5. The number of hydrogen-bond donors (Lipinski definition) is 1. The van der Waals surface area contributed by atoms with E-state index in [0.717, 1.165) is 24.1 Å². The second-order valence-electron chi connectivity index (χ2n) is 6.15. The predicted molar refractivity (Wildman–Crippen MR) is 86.4 cm³/mol. The summed E-state index contributed by atoms with van der Waals surface area (Å²) in [5.41, 5.74) is 1.50. The van der Waals surface area contributed by atoms with Gasteiger partial charge in [-0.1, -0.05) is 0 Å². The molecule has 0 aliphatic heterocycles. The molecule has 0 fully saturated rings. The molecule has 1 aliphatic carbocycles. The third-order valence-corrected chi connectivity index (χ3v) is 4.44. The highest BCUT2D eigenvalue weighted by atomic mass is 19.4. The summed E-state index contributed by atoms with van der Waals surface area (Å²) in [4.78, 5) is 4.33. The summed E-state index contributed by atoms with van der Waals surface area (Å²) in [6.07, 6.45) is -1.01. The zero-order chi connectivity index (χ0) is 18.3. The molecule has 0 saturated heterocycles. The van der Waals surface area contributed by atoms with E-state index in [1.165, 1.54) is 18.3 Å². The van der Waals surface area contributed by atoms with Crippen molar-refractivity contribution < 1.29 is 17.9 Å². The van der Waals surface area contributed by atoms with E-state index in [0.29, 0.717) is 17.7 Å². The van der Waals surface area contributed by atoms with Crippen molar-refractivity contribution in [3.8, 4) is 11.8 Å². The molecule has 0 unspecified atom stereocenters. The molecule has 3 aromatic rings. The summed E-state index contributed by atoms with van der Waals surface area (Å²) in [5, 5.41) is 14.7. The topological polar surface area (TPSA) is 74.6 Å². The summed E-state index contributed by atoms with van der Waals surface area (Å²) < 4.78 is 45.1. The number of H-pyrrole nitrogens is 1. The van der Waals surface area contributed by atoms with Crippen LogP contribution in [0.4, 0.5) is 13.2 Å². The molecule has 2 aromatic heterocycles. The van der Waals surface area contributed by atoms with Gasteiger partial charge >= 0.3 is 6.18 Å². The standard InChI is InChI=1S/C18H13F3N4O/c19-18(20,21)17-13-7-12(4-5-14(13)24-25-17)26-15-3-1-2-11-6-10(8-22)9-23-16(11)15/h4-7,9,15H,1-3H2,(H,24,25)/t15-/m0/s1. The highest BCUT2D eigenvalue weighted by molar-refractivity contribution is 5.83. The van der Waals surface area contributed by atoms with Gasteiger partial charge in [0.05, 0.1) is 16.8 Å². The summed E-state index contributed by atoms with van der Waals surface area (Å²) in [6.45, 7) is 0. The number of aryl methyl sites for hydroxylation is 1. The van der Waals surface area contributed by atoms with E-state index >= 15 is 0 Å². The number of hydrogen-bond acceptors (Lipinski definition) is 4. The van der Waals surface area contributed by atoms with Crippen LogP contribution in [-0.4, -0.2) is 15.2 Å². The fraction of sp³-hybridized carbons (Fsp3) is 0.278. The minimum absolute atomic E-state index is 0.0289. The third-order valence-electron chi connectivity index (χ3n) is 4.44. The maximum Gasteiger partial charge on any atom is 0.433 e. The zero-order valence-corrected chi connectivity index (χ0v) is 13.5. The van der Waals surface area contributed by atoms with Crippen LogP contribution in [-0.2, 0) is 12.6 Å². The molecule has 26 heavy (non-hydrogen) atoms. The Morgan fingerprint density at radius 2 is 2.12 bits per heavy atom. The highest BCUT2D eigenvalue weighted by Gasteiger charge is 2.35. The van der Waals surface area contributed by atoms with Crippen molar-refractivity contribution in [2.24, 2.45) is 0 Å². The molecule has 4 rings (SSSR count). The van der Waals surface area contributed by atoms with Gasteiger partial charge in [-0.25, -0.2) is 0 Å². The van der Waals surface area contributed by atoms with Gasteiger partial charge in [0.15, 0.2) is 0 Å². The zero-order valence-electron chi connectivity index (χ0n) is 13.5. The van der Waals surface area contributed by atoms with Crippen LogP contribution in [0.3, 0.4) is 0 Å². The highest BCUT2D eigenvalue weighted by Crippen LogP contribution is 2.37. The average Bonchev–Trinajstić information content (AvgIpc) is 3.05. The van der Waals surface area contributed by atoms with Gasteiger partial charge in [0.1, 0.15) is 23.6 Å². The lowest BCUT2D eigenvalue weighted by Crippen LogP contribution is -2.17. The van der Waals surface area contributed by atoms with Crippen LogP contribution >= 0.6 is 0 Å². The Labute approximate surface area is 146 Å². The summed E-state index contributed by atoms with van der Waals surface area (Å²) in [5.74, 6) is 0.327. The first-order valence-electron chi connectivity index (χ1n) is 8.06. The summed E-state index contributed by atoms with van der Waals surface area (Å²) in [6, 6.07) is 8.29. The second kappa shape index (κ2) is 6.02. The number of nitriles is 1. The molecule has 1 aromatic carbocycles. The molecule has 5 nitrogen and oxygen atoms in total. The molecule has 2 heterocycles. The lowest BCUT2D eigenvalue weighted by molar-refractivity contribution is -0.139. The number of nitrogens with one attached hydrogen (secondary N) is 1. The number of rotatable bonds is 2. The fourth-order valence-electron chi connectivity index (χ4n) is 3.24. The second-order valence-corrected chi connectivity index (χ2v) is 6.15. The fourth-order valence-corrected chi connectivity index (χ4v) is 3.24. The molecule has 132 valence electrons. The first kappa shape index (κ1) is 16.4. The maximum atomic E-state index is 13.1. The maximum absolute atomic E-state index is 13.1. The van der Waals surface area contributed by atoms with Crippen LogP contribution in [0, 0.1) is 11.3 Å². The van der Waals surface area contributed by atoms with Gasteiger partial charge in [-0.3, -0.25) is 10.1 Å². The van der Waals surface area contributed by atoms with Crippen LogP contribution in [0.25, 0.3) is 10.9 Å². The minimum atomic E-state index is -4.51. The first-order valence-corrected chi connectivity index (χ1v) is 8.06.